The van der Waals surface area contributed by atoms with Crippen molar-refractivity contribution in [2.24, 2.45) is 0 Å². The molecule has 0 aliphatic heterocycles. The van der Waals surface area contributed by atoms with Crippen LogP contribution >= 0.6 is 25.2 Å². The Bertz CT molecular complexity index is 152. The predicted octanol–water partition coefficient (Wildman–Crippen LogP) is 3.29. The molecule has 1 rings (SSSR count). The van der Waals surface area contributed by atoms with E-state index in [-0.39, 0.29) is 0 Å². The number of halogens is 2. The summed E-state index contributed by atoms with van der Waals surface area (Å²) in [5, 5.41) is 0.746. The second-order valence-corrected chi connectivity index (χ2v) is 2.13. The van der Waals surface area contributed by atoms with Crippen LogP contribution in [0.1, 0.15) is 5.56 Å². The van der Waals surface area contributed by atoms with Gasteiger partial charge in [0.1, 0.15) is 0 Å². The summed E-state index contributed by atoms with van der Waals surface area (Å²) in [5.74, 6) is 0. The van der Waals surface area contributed by atoms with Crippen LogP contribution < -0.4 is 0 Å². The Kier molecular flexibility index (Phi) is 6.72. The van der Waals surface area contributed by atoms with Gasteiger partial charge in [0.05, 0.1) is 0 Å². The van der Waals surface area contributed by atoms with Gasteiger partial charge in [-0.05, 0) is 0 Å². The molecule has 0 N–H and O–H groups in total. The standard InChI is InChI=1S/C7H6Cl.BrH.Zn/c1-6-2-4-7(8)5-3-6;;/h2,4-5H,1H3;1H;/q-1;;+2/p-1. The molecular weight excluding hydrogens is 265 g/mol. The van der Waals surface area contributed by atoms with E-state index in [0.29, 0.717) is 0 Å². The molecular formula is C7H6BrClZn. The van der Waals surface area contributed by atoms with Gasteiger partial charge in [0.15, 0.2) is 0 Å². The molecule has 0 radical (unpaired) electrons. The van der Waals surface area contributed by atoms with E-state index < -0.39 is 0 Å². The van der Waals surface area contributed by atoms with Crippen LogP contribution in [0.2, 0.25) is 5.02 Å². The Morgan fingerprint density at radius 2 is 2.10 bits per heavy atom. The third kappa shape index (κ3) is 4.43. The van der Waals surface area contributed by atoms with Gasteiger partial charge >= 0.3 is 30.0 Å². The van der Waals surface area contributed by atoms with Gasteiger partial charge in [-0.3, -0.25) is 0 Å². The van der Waals surface area contributed by atoms with Gasteiger partial charge in [0, 0.05) is 0 Å². The van der Waals surface area contributed by atoms with Gasteiger partial charge in [-0.1, -0.05) is 11.9 Å². The second kappa shape index (κ2) is 6.33. The van der Waals surface area contributed by atoms with Crippen molar-refractivity contribution in [3.63, 3.8) is 0 Å². The first-order valence-corrected chi connectivity index (χ1v) is 10.0. The third-order valence-electron chi connectivity index (χ3n) is 0.930. The van der Waals surface area contributed by atoms with E-state index in [1.807, 2.05) is 19.1 Å². The van der Waals surface area contributed by atoms with Gasteiger partial charge < -0.3 is 0 Å². The first kappa shape index (κ1) is 10.6. The fourth-order valence-electron chi connectivity index (χ4n) is 0.484. The summed E-state index contributed by atoms with van der Waals surface area (Å²) in [5.41, 5.74) is 1.12. The molecule has 0 aromatic heterocycles. The van der Waals surface area contributed by atoms with Crippen LogP contribution in [0, 0.1) is 13.0 Å². The molecule has 0 bridgehead atoms. The third-order valence-corrected chi connectivity index (χ3v) is 1.17. The summed E-state index contributed by atoms with van der Waals surface area (Å²) in [6, 6.07) is 8.52. The maximum atomic E-state index is 5.58. The molecule has 50 valence electrons. The molecule has 0 spiro atoms. The molecule has 0 unspecified atom stereocenters. The van der Waals surface area contributed by atoms with Gasteiger partial charge in [0.2, 0.25) is 0 Å². The van der Waals surface area contributed by atoms with Gasteiger partial charge in [0.25, 0.3) is 0 Å². The quantitative estimate of drug-likeness (QED) is 0.501. The number of hydrogen-bond donors (Lipinski definition) is 0. The average molecular weight is 271 g/mol. The summed E-state index contributed by atoms with van der Waals surface area (Å²) in [7, 11) is 0. The molecule has 1 aromatic carbocycles. The van der Waals surface area contributed by atoms with Gasteiger partial charge in [-0.2, -0.15) is 41.4 Å². The SMILES string of the molecule is Cc1[c-]cc(Cl)cc1.[Zn+][Br]. The van der Waals surface area contributed by atoms with Crippen molar-refractivity contribution in [1.29, 1.82) is 0 Å². The zero-order chi connectivity index (χ0) is 7.98. The molecule has 3 heteroatoms. The van der Waals surface area contributed by atoms with Gasteiger partial charge in [-0.25, -0.2) is 0 Å². The Balaban J connectivity index is 0.000000371. The molecule has 0 atom stereocenters. The van der Waals surface area contributed by atoms with Crippen LogP contribution in [-0.4, -0.2) is 0 Å². The maximum absolute atomic E-state index is 5.58. The molecule has 0 aliphatic rings. The van der Waals surface area contributed by atoms with Crippen molar-refractivity contribution < 1.29 is 16.3 Å². The Morgan fingerprint density at radius 1 is 1.50 bits per heavy atom. The predicted molar refractivity (Wildman–Crippen MR) is 44.0 cm³/mol. The summed E-state index contributed by atoms with van der Waals surface area (Å²) in [6.45, 7) is 1.98. The van der Waals surface area contributed by atoms with Crippen molar-refractivity contribution in [3.8, 4) is 0 Å². The van der Waals surface area contributed by atoms with Crippen LogP contribution in [-0.2, 0) is 16.3 Å². The average Bonchev–Trinajstić information content (AvgIpc) is 2.00. The fourth-order valence-corrected chi connectivity index (χ4v) is 0.601. The van der Waals surface area contributed by atoms with E-state index in [1.165, 1.54) is 16.3 Å². The van der Waals surface area contributed by atoms with E-state index in [4.69, 9.17) is 11.6 Å². The molecule has 0 aliphatic carbocycles. The minimum atomic E-state index is 0.746. The number of rotatable bonds is 0. The summed E-state index contributed by atoms with van der Waals surface area (Å²) in [6.07, 6.45) is 0. The molecule has 0 fully saturated rings. The topological polar surface area (TPSA) is 0 Å². The van der Waals surface area contributed by atoms with Crippen molar-refractivity contribution in [3.05, 3.63) is 34.9 Å². The number of benzene rings is 1. The Morgan fingerprint density at radius 3 is 2.40 bits per heavy atom. The van der Waals surface area contributed by atoms with Crippen molar-refractivity contribution in [2.75, 3.05) is 0 Å². The van der Waals surface area contributed by atoms with E-state index >= 15 is 0 Å². The Labute approximate surface area is 83.0 Å². The van der Waals surface area contributed by atoms with E-state index in [0.717, 1.165) is 10.6 Å². The summed E-state index contributed by atoms with van der Waals surface area (Å²) < 4.78 is 0. The molecule has 0 heterocycles. The fraction of sp³-hybridized carbons (Fsp3) is 0.143. The Hall–Kier alpha value is 0.613. The number of aryl methyl sites for hydroxylation is 1. The second-order valence-electron chi connectivity index (χ2n) is 1.69. The van der Waals surface area contributed by atoms with Crippen LogP contribution in [0.25, 0.3) is 0 Å². The molecule has 10 heavy (non-hydrogen) atoms. The normalized spacial score (nSPS) is 8.10. The number of hydrogen-bond acceptors (Lipinski definition) is 0. The van der Waals surface area contributed by atoms with Crippen LogP contribution in [0.15, 0.2) is 18.2 Å². The zero-order valence-corrected chi connectivity index (χ0v) is 11.0. The molecule has 0 saturated carbocycles. The minimum absolute atomic E-state index is 0.746. The molecule has 0 amide bonds. The van der Waals surface area contributed by atoms with Crippen LogP contribution in [0.5, 0.6) is 0 Å². The van der Waals surface area contributed by atoms with E-state index in [1.54, 1.807) is 6.07 Å². The summed E-state index contributed by atoms with van der Waals surface area (Å²) in [4.78, 5) is 0. The van der Waals surface area contributed by atoms with Crippen LogP contribution in [0.3, 0.4) is 0 Å². The first-order valence-electron chi connectivity index (χ1n) is 2.69. The van der Waals surface area contributed by atoms with Gasteiger partial charge in [-0.15, -0.1) is 0 Å². The van der Waals surface area contributed by atoms with Crippen molar-refractivity contribution >= 4 is 25.2 Å². The van der Waals surface area contributed by atoms with Crippen molar-refractivity contribution in [1.82, 2.24) is 0 Å². The van der Waals surface area contributed by atoms with E-state index in [2.05, 4.69) is 19.7 Å². The first-order chi connectivity index (χ1) is 4.79. The van der Waals surface area contributed by atoms with Crippen LogP contribution in [0.4, 0.5) is 0 Å². The monoisotopic (exact) mass is 268 g/mol. The zero-order valence-electron chi connectivity index (χ0n) is 5.70. The molecule has 0 nitrogen and oxygen atoms in total. The van der Waals surface area contributed by atoms with Crippen molar-refractivity contribution in [2.45, 2.75) is 6.92 Å². The van der Waals surface area contributed by atoms with E-state index in [9.17, 15) is 0 Å². The molecule has 0 saturated heterocycles. The summed E-state index contributed by atoms with van der Waals surface area (Å²) >= 11 is 9.83. The molecule has 1 aromatic rings.